The van der Waals surface area contributed by atoms with E-state index < -0.39 is 0 Å². The average molecular weight is 392 g/mol. The second-order valence-corrected chi connectivity index (χ2v) is 7.53. The van der Waals surface area contributed by atoms with Crippen LogP contribution in [0.15, 0.2) is 48.5 Å². The average Bonchev–Trinajstić information content (AvgIpc) is 2.75. The number of aromatic nitrogens is 1. The third kappa shape index (κ3) is 4.09. The lowest BCUT2D eigenvalue weighted by molar-refractivity contribution is -0.132. The number of pyridine rings is 1. The smallest absolute Gasteiger partial charge is 0.222 e. The summed E-state index contributed by atoms with van der Waals surface area (Å²) in [5.74, 6) is 0.673. The zero-order chi connectivity index (χ0) is 20.4. The van der Waals surface area contributed by atoms with Crippen LogP contribution in [-0.4, -0.2) is 35.0 Å². The van der Waals surface area contributed by atoms with Gasteiger partial charge >= 0.3 is 0 Å². The number of hydrogen-bond acceptors (Lipinski definition) is 3. The third-order valence-corrected chi connectivity index (χ3v) is 5.50. The van der Waals surface area contributed by atoms with Crippen molar-refractivity contribution in [2.24, 2.45) is 0 Å². The molecule has 2 aromatic carbocycles. The van der Waals surface area contributed by atoms with E-state index in [4.69, 9.17) is 4.74 Å². The second kappa shape index (κ2) is 8.19. The fourth-order valence-electron chi connectivity index (χ4n) is 3.83. The number of fused-ring (bicyclic) bond motifs is 1. The van der Waals surface area contributed by atoms with E-state index in [0.717, 1.165) is 48.3 Å². The van der Waals surface area contributed by atoms with Crippen LogP contribution in [0.25, 0.3) is 22.0 Å². The Bertz CT molecular complexity index is 1020. The first-order chi connectivity index (χ1) is 14.0. The fourth-order valence-corrected chi connectivity index (χ4v) is 3.83. The van der Waals surface area contributed by atoms with Crippen molar-refractivity contribution in [3.05, 3.63) is 60.0 Å². The van der Waals surface area contributed by atoms with Gasteiger partial charge in [0, 0.05) is 49.0 Å². The predicted octanol–water partition coefficient (Wildman–Crippen LogP) is 5.13. The molecule has 0 atom stereocenters. The lowest BCUT2D eigenvalue weighted by Crippen LogP contribution is -2.41. The van der Waals surface area contributed by atoms with Gasteiger partial charge in [0.15, 0.2) is 5.82 Å². The van der Waals surface area contributed by atoms with E-state index in [0.29, 0.717) is 17.5 Å². The molecule has 150 valence electrons. The van der Waals surface area contributed by atoms with Gasteiger partial charge in [0.2, 0.25) is 5.91 Å². The zero-order valence-electron chi connectivity index (χ0n) is 16.8. The van der Waals surface area contributed by atoms with E-state index in [2.05, 4.69) is 4.98 Å². The standard InChI is InChI=1S/C24H25FN2O2/c1-3-22(28)27-14-12-20(13-15-27)29-19-9-6-17(7-10-19)21-11-8-18-5-4-16(2)26-24(18)23(21)25/h4-11,20H,3,12-15H2,1-2H3. The van der Waals surface area contributed by atoms with Crippen LogP contribution in [0.4, 0.5) is 4.39 Å². The largest absolute Gasteiger partial charge is 0.490 e. The van der Waals surface area contributed by atoms with Crippen molar-refractivity contribution < 1.29 is 13.9 Å². The van der Waals surface area contributed by atoms with Gasteiger partial charge in [-0.25, -0.2) is 4.39 Å². The van der Waals surface area contributed by atoms with Gasteiger partial charge in [0.25, 0.3) is 0 Å². The number of piperidine rings is 1. The van der Waals surface area contributed by atoms with Crippen LogP contribution in [0.5, 0.6) is 5.75 Å². The van der Waals surface area contributed by atoms with E-state index in [9.17, 15) is 4.79 Å². The van der Waals surface area contributed by atoms with Crippen LogP contribution in [-0.2, 0) is 4.79 Å². The number of amides is 1. The van der Waals surface area contributed by atoms with Gasteiger partial charge in [0.05, 0.1) is 0 Å². The van der Waals surface area contributed by atoms with Crippen LogP contribution >= 0.6 is 0 Å². The molecule has 0 aliphatic carbocycles. The second-order valence-electron chi connectivity index (χ2n) is 7.53. The molecule has 0 N–H and O–H groups in total. The van der Waals surface area contributed by atoms with Gasteiger partial charge in [-0.2, -0.15) is 0 Å². The maximum atomic E-state index is 15.0. The summed E-state index contributed by atoms with van der Waals surface area (Å²) in [6.45, 7) is 5.23. The Morgan fingerprint density at radius 1 is 1.10 bits per heavy atom. The predicted molar refractivity (Wildman–Crippen MR) is 112 cm³/mol. The Labute approximate surface area is 170 Å². The molecule has 0 unspecified atom stereocenters. The quantitative estimate of drug-likeness (QED) is 0.618. The summed E-state index contributed by atoms with van der Waals surface area (Å²) in [5.41, 5.74) is 2.53. The Kier molecular flexibility index (Phi) is 5.47. The molecule has 0 radical (unpaired) electrons. The van der Waals surface area contributed by atoms with Gasteiger partial charge < -0.3 is 9.64 Å². The number of ether oxygens (including phenoxy) is 1. The van der Waals surface area contributed by atoms with E-state index >= 15 is 4.39 Å². The maximum absolute atomic E-state index is 15.0. The molecule has 5 heteroatoms. The van der Waals surface area contributed by atoms with Gasteiger partial charge in [0.1, 0.15) is 17.4 Å². The van der Waals surface area contributed by atoms with Crippen molar-refractivity contribution in [3.8, 4) is 16.9 Å². The molecule has 0 bridgehead atoms. The zero-order valence-corrected chi connectivity index (χ0v) is 16.8. The highest BCUT2D eigenvalue weighted by Crippen LogP contribution is 2.30. The van der Waals surface area contributed by atoms with Crippen molar-refractivity contribution in [1.82, 2.24) is 9.88 Å². The Balaban J connectivity index is 1.47. The number of likely N-dealkylation sites (tertiary alicyclic amines) is 1. The number of hydrogen-bond donors (Lipinski definition) is 0. The minimum atomic E-state index is -0.298. The highest BCUT2D eigenvalue weighted by Gasteiger charge is 2.23. The van der Waals surface area contributed by atoms with Crippen molar-refractivity contribution in [2.45, 2.75) is 39.2 Å². The van der Waals surface area contributed by atoms with Crippen molar-refractivity contribution >= 4 is 16.8 Å². The van der Waals surface area contributed by atoms with Crippen LogP contribution < -0.4 is 4.74 Å². The number of rotatable bonds is 4. The highest BCUT2D eigenvalue weighted by molar-refractivity contribution is 5.85. The van der Waals surface area contributed by atoms with Crippen LogP contribution in [0.3, 0.4) is 0 Å². The Hall–Kier alpha value is -2.95. The normalized spacial score (nSPS) is 14.9. The third-order valence-electron chi connectivity index (χ3n) is 5.50. The molecule has 1 aliphatic rings. The molecule has 2 heterocycles. The summed E-state index contributed by atoms with van der Waals surface area (Å²) in [4.78, 5) is 18.0. The molecule has 1 amide bonds. The van der Waals surface area contributed by atoms with Gasteiger partial charge in [-0.3, -0.25) is 9.78 Å². The molecule has 0 spiro atoms. The first-order valence-electron chi connectivity index (χ1n) is 10.2. The lowest BCUT2D eigenvalue weighted by atomic mass is 10.0. The first kappa shape index (κ1) is 19.4. The monoisotopic (exact) mass is 392 g/mol. The summed E-state index contributed by atoms with van der Waals surface area (Å²) in [7, 11) is 0. The van der Waals surface area contributed by atoms with Crippen molar-refractivity contribution in [1.29, 1.82) is 0 Å². The van der Waals surface area contributed by atoms with Gasteiger partial charge in [-0.15, -0.1) is 0 Å². The van der Waals surface area contributed by atoms with E-state index in [1.807, 2.05) is 61.2 Å². The fraction of sp³-hybridized carbons (Fsp3) is 0.333. The van der Waals surface area contributed by atoms with E-state index in [1.54, 1.807) is 6.07 Å². The van der Waals surface area contributed by atoms with Gasteiger partial charge in [-0.1, -0.05) is 37.3 Å². The molecule has 29 heavy (non-hydrogen) atoms. The SMILES string of the molecule is CCC(=O)N1CCC(Oc2ccc(-c3ccc4ccc(C)nc4c3F)cc2)CC1. The van der Waals surface area contributed by atoms with Crippen molar-refractivity contribution in [2.75, 3.05) is 13.1 Å². The number of carbonyl (C=O) groups excluding carboxylic acids is 1. The molecular weight excluding hydrogens is 367 g/mol. The molecule has 1 aliphatic heterocycles. The maximum Gasteiger partial charge on any atom is 0.222 e. The molecule has 1 saturated heterocycles. The molecule has 1 fully saturated rings. The summed E-state index contributed by atoms with van der Waals surface area (Å²) in [6, 6.07) is 15.0. The van der Waals surface area contributed by atoms with Crippen molar-refractivity contribution in [3.63, 3.8) is 0 Å². The number of aryl methyl sites for hydroxylation is 1. The summed E-state index contributed by atoms with van der Waals surface area (Å²) in [6.07, 6.45) is 2.31. The summed E-state index contributed by atoms with van der Waals surface area (Å²) >= 11 is 0. The molecule has 1 aromatic heterocycles. The number of carbonyl (C=O) groups is 1. The molecule has 4 rings (SSSR count). The van der Waals surface area contributed by atoms with E-state index in [-0.39, 0.29) is 17.8 Å². The lowest BCUT2D eigenvalue weighted by Gasteiger charge is -2.32. The summed E-state index contributed by atoms with van der Waals surface area (Å²) in [5, 5.41) is 0.796. The number of halogens is 1. The van der Waals surface area contributed by atoms with Crippen LogP contribution in [0.1, 0.15) is 31.9 Å². The van der Waals surface area contributed by atoms with Gasteiger partial charge in [-0.05, 0) is 30.7 Å². The topological polar surface area (TPSA) is 42.4 Å². The number of benzene rings is 2. The van der Waals surface area contributed by atoms with Crippen LogP contribution in [0, 0.1) is 12.7 Å². The molecule has 4 nitrogen and oxygen atoms in total. The van der Waals surface area contributed by atoms with E-state index in [1.165, 1.54) is 0 Å². The van der Waals surface area contributed by atoms with Crippen LogP contribution in [0.2, 0.25) is 0 Å². The summed E-state index contributed by atoms with van der Waals surface area (Å²) < 4.78 is 21.1. The highest BCUT2D eigenvalue weighted by atomic mass is 19.1. The minimum absolute atomic E-state index is 0.103. The Morgan fingerprint density at radius 3 is 2.48 bits per heavy atom. The number of nitrogens with zero attached hydrogens (tertiary/aromatic N) is 2. The Morgan fingerprint density at radius 2 is 1.79 bits per heavy atom. The molecule has 3 aromatic rings. The first-order valence-corrected chi connectivity index (χ1v) is 10.2. The minimum Gasteiger partial charge on any atom is -0.490 e. The molecular formula is C24H25FN2O2. The molecule has 0 saturated carbocycles.